The summed E-state index contributed by atoms with van der Waals surface area (Å²) in [4.78, 5) is 38.9. The van der Waals surface area contributed by atoms with E-state index in [2.05, 4.69) is 21.2 Å². The van der Waals surface area contributed by atoms with E-state index in [0.717, 1.165) is 9.37 Å². The van der Waals surface area contributed by atoms with E-state index in [4.69, 9.17) is 25.8 Å². The number of para-hydroxylation sites is 1. The molecule has 3 aromatic rings. The number of rotatable bonds is 9. The van der Waals surface area contributed by atoms with E-state index in [1.165, 1.54) is 6.08 Å². The quantitative estimate of drug-likeness (QED) is 0.199. The van der Waals surface area contributed by atoms with E-state index in [1.807, 2.05) is 19.1 Å². The first-order valence-corrected chi connectivity index (χ1v) is 12.5. The van der Waals surface area contributed by atoms with Gasteiger partial charge in [0.1, 0.15) is 24.5 Å². The zero-order valence-corrected chi connectivity index (χ0v) is 22.0. The van der Waals surface area contributed by atoms with Gasteiger partial charge in [0.25, 0.3) is 11.8 Å². The number of carbonyl (C=O) groups is 3. The van der Waals surface area contributed by atoms with Crippen molar-refractivity contribution in [2.24, 2.45) is 0 Å². The molecule has 10 heteroatoms. The smallest absolute Gasteiger partial charge is 0.335 e. The maximum atomic E-state index is 13.1. The van der Waals surface area contributed by atoms with Crippen LogP contribution in [0, 0.1) is 0 Å². The third kappa shape index (κ3) is 6.31. The van der Waals surface area contributed by atoms with Gasteiger partial charge in [-0.2, -0.15) is 0 Å². The zero-order valence-electron chi connectivity index (χ0n) is 19.7. The maximum absolute atomic E-state index is 13.1. The van der Waals surface area contributed by atoms with Gasteiger partial charge in [-0.1, -0.05) is 45.7 Å². The summed E-state index contributed by atoms with van der Waals surface area (Å²) >= 11 is 9.42. The molecule has 0 saturated carbocycles. The number of nitrogens with zero attached hydrogens (tertiary/aromatic N) is 1. The number of ether oxygens (including phenoxy) is 3. The van der Waals surface area contributed by atoms with Crippen molar-refractivity contribution >= 4 is 57.1 Å². The lowest BCUT2D eigenvalue weighted by atomic mass is 10.1. The third-order valence-electron chi connectivity index (χ3n) is 5.20. The lowest BCUT2D eigenvalue weighted by molar-refractivity contribution is -0.122. The average molecular weight is 586 g/mol. The van der Waals surface area contributed by atoms with E-state index < -0.39 is 17.8 Å². The molecular formula is C27H22BrClN2O6. The number of nitrogens with one attached hydrogen (secondary N) is 1. The van der Waals surface area contributed by atoms with Crippen LogP contribution in [0.1, 0.15) is 12.5 Å². The third-order valence-corrected chi connectivity index (χ3v) is 6.04. The summed E-state index contributed by atoms with van der Waals surface area (Å²) in [6.07, 6.45) is 1.41. The summed E-state index contributed by atoms with van der Waals surface area (Å²) in [5, 5.41) is 2.72. The molecule has 0 bridgehead atoms. The van der Waals surface area contributed by atoms with Gasteiger partial charge < -0.3 is 14.2 Å². The van der Waals surface area contributed by atoms with Crippen LogP contribution < -0.4 is 24.4 Å². The normalized spacial score (nSPS) is 14.5. The van der Waals surface area contributed by atoms with Gasteiger partial charge in [-0.25, -0.2) is 9.69 Å². The van der Waals surface area contributed by atoms with Crippen molar-refractivity contribution in [2.45, 2.75) is 6.92 Å². The van der Waals surface area contributed by atoms with Crippen molar-refractivity contribution in [1.29, 1.82) is 0 Å². The Kier molecular flexibility index (Phi) is 8.47. The van der Waals surface area contributed by atoms with Gasteiger partial charge in [-0.3, -0.25) is 14.9 Å². The monoisotopic (exact) mass is 584 g/mol. The maximum Gasteiger partial charge on any atom is 0.335 e. The molecule has 3 aromatic carbocycles. The Balaban J connectivity index is 1.51. The van der Waals surface area contributed by atoms with E-state index >= 15 is 0 Å². The number of anilines is 1. The Morgan fingerprint density at radius 3 is 2.30 bits per heavy atom. The van der Waals surface area contributed by atoms with Gasteiger partial charge in [0.15, 0.2) is 11.5 Å². The van der Waals surface area contributed by atoms with Gasteiger partial charge in [-0.15, -0.1) is 0 Å². The second-order valence-electron chi connectivity index (χ2n) is 7.70. The first-order chi connectivity index (χ1) is 17.9. The number of halogens is 2. The number of urea groups is 1. The Morgan fingerprint density at radius 2 is 1.59 bits per heavy atom. The van der Waals surface area contributed by atoms with Gasteiger partial charge in [0.2, 0.25) is 0 Å². The number of carbonyl (C=O) groups excluding carboxylic acids is 3. The number of barbiturate groups is 1. The van der Waals surface area contributed by atoms with E-state index in [1.54, 1.807) is 54.6 Å². The van der Waals surface area contributed by atoms with Crippen molar-refractivity contribution in [2.75, 3.05) is 24.7 Å². The fourth-order valence-electron chi connectivity index (χ4n) is 3.52. The Morgan fingerprint density at radius 1 is 0.892 bits per heavy atom. The first-order valence-electron chi connectivity index (χ1n) is 11.3. The molecule has 1 aliphatic rings. The minimum atomic E-state index is -0.813. The van der Waals surface area contributed by atoms with Crippen LogP contribution in [0.5, 0.6) is 17.2 Å². The standard InChI is InChI=1S/C27H22BrClN2O6/c1-2-35-24-16-17(7-12-23(24)37-14-13-36-22-6-4-3-5-21(22)29)15-20-25(32)30-27(34)31(26(20)33)19-10-8-18(28)9-11-19/h3-12,15-16H,2,13-14H2,1H3,(H,30,32,34)/b20-15-. The molecule has 0 atom stereocenters. The van der Waals surface area contributed by atoms with Crippen molar-refractivity contribution < 1.29 is 28.6 Å². The van der Waals surface area contributed by atoms with Crippen molar-refractivity contribution in [3.05, 3.63) is 87.4 Å². The molecular weight excluding hydrogens is 564 g/mol. The molecule has 0 unspecified atom stereocenters. The lowest BCUT2D eigenvalue weighted by Gasteiger charge is -2.26. The van der Waals surface area contributed by atoms with Crippen LogP contribution in [0.25, 0.3) is 6.08 Å². The SMILES string of the molecule is CCOc1cc(/C=C2/C(=O)NC(=O)N(c3ccc(Br)cc3)C2=O)ccc1OCCOc1ccccc1Cl. The van der Waals surface area contributed by atoms with Crippen LogP contribution in [-0.2, 0) is 9.59 Å². The largest absolute Gasteiger partial charge is 0.490 e. The van der Waals surface area contributed by atoms with Crippen LogP contribution in [0.2, 0.25) is 5.02 Å². The molecule has 0 spiro atoms. The summed E-state index contributed by atoms with van der Waals surface area (Å²) in [6.45, 7) is 2.69. The Bertz CT molecular complexity index is 1360. The fraction of sp³-hybridized carbons (Fsp3) is 0.148. The second kappa shape index (κ2) is 11.9. The molecule has 190 valence electrons. The molecule has 1 saturated heterocycles. The zero-order chi connectivity index (χ0) is 26.4. The van der Waals surface area contributed by atoms with E-state index in [0.29, 0.717) is 40.1 Å². The number of amides is 4. The summed E-state index contributed by atoms with van der Waals surface area (Å²) in [5.41, 5.74) is 0.667. The van der Waals surface area contributed by atoms with Crippen LogP contribution in [0.4, 0.5) is 10.5 Å². The summed E-state index contributed by atoms with van der Waals surface area (Å²) < 4.78 is 18.0. The molecule has 0 radical (unpaired) electrons. The highest BCUT2D eigenvalue weighted by atomic mass is 79.9. The number of imide groups is 2. The Labute approximate surface area is 226 Å². The first kappa shape index (κ1) is 26.2. The number of hydrogen-bond donors (Lipinski definition) is 1. The van der Waals surface area contributed by atoms with Gasteiger partial charge in [0.05, 0.1) is 17.3 Å². The summed E-state index contributed by atoms with van der Waals surface area (Å²) in [7, 11) is 0. The molecule has 0 aliphatic carbocycles. The topological polar surface area (TPSA) is 94.2 Å². The van der Waals surface area contributed by atoms with Crippen molar-refractivity contribution in [3.63, 3.8) is 0 Å². The highest BCUT2D eigenvalue weighted by molar-refractivity contribution is 9.10. The predicted molar refractivity (Wildman–Crippen MR) is 143 cm³/mol. The van der Waals surface area contributed by atoms with E-state index in [9.17, 15) is 14.4 Å². The molecule has 4 amide bonds. The van der Waals surface area contributed by atoms with Crippen molar-refractivity contribution in [1.82, 2.24) is 5.32 Å². The lowest BCUT2D eigenvalue weighted by Crippen LogP contribution is -2.54. The average Bonchev–Trinajstić information content (AvgIpc) is 2.87. The van der Waals surface area contributed by atoms with Gasteiger partial charge >= 0.3 is 6.03 Å². The van der Waals surface area contributed by atoms with E-state index in [-0.39, 0.29) is 18.8 Å². The van der Waals surface area contributed by atoms with Crippen LogP contribution in [0.15, 0.2) is 76.8 Å². The molecule has 4 rings (SSSR count). The number of hydrogen-bond acceptors (Lipinski definition) is 6. The predicted octanol–water partition coefficient (Wildman–Crippen LogP) is 5.63. The number of benzene rings is 3. The van der Waals surface area contributed by atoms with Crippen LogP contribution in [-0.4, -0.2) is 37.7 Å². The molecule has 8 nitrogen and oxygen atoms in total. The fourth-order valence-corrected chi connectivity index (χ4v) is 3.97. The summed E-state index contributed by atoms with van der Waals surface area (Å²) in [6, 6.07) is 17.9. The van der Waals surface area contributed by atoms with Crippen LogP contribution in [0.3, 0.4) is 0 Å². The van der Waals surface area contributed by atoms with Crippen molar-refractivity contribution in [3.8, 4) is 17.2 Å². The van der Waals surface area contributed by atoms with Gasteiger partial charge in [0, 0.05) is 4.47 Å². The summed E-state index contributed by atoms with van der Waals surface area (Å²) in [5.74, 6) is -0.0488. The Hall–Kier alpha value is -3.82. The minimum absolute atomic E-state index is 0.188. The highest BCUT2D eigenvalue weighted by Crippen LogP contribution is 2.31. The second-order valence-corrected chi connectivity index (χ2v) is 9.02. The minimum Gasteiger partial charge on any atom is -0.490 e. The molecule has 37 heavy (non-hydrogen) atoms. The molecule has 0 aromatic heterocycles. The molecule has 1 aliphatic heterocycles. The molecule has 1 fully saturated rings. The molecule has 1 N–H and O–H groups in total. The highest BCUT2D eigenvalue weighted by Gasteiger charge is 2.36. The van der Waals surface area contributed by atoms with Gasteiger partial charge in [-0.05, 0) is 67.1 Å². The molecule has 1 heterocycles. The van der Waals surface area contributed by atoms with Crippen LogP contribution >= 0.6 is 27.5 Å².